The van der Waals surface area contributed by atoms with Crippen molar-refractivity contribution in [3.05, 3.63) is 18.1 Å². The summed E-state index contributed by atoms with van der Waals surface area (Å²) in [7, 11) is 1.48. The normalized spacial score (nSPS) is 10.0. The van der Waals surface area contributed by atoms with Crippen molar-refractivity contribution in [3.8, 4) is 5.88 Å². The summed E-state index contributed by atoms with van der Waals surface area (Å²) in [6.07, 6.45) is 2.85. The van der Waals surface area contributed by atoms with Crippen LogP contribution in [-0.4, -0.2) is 29.0 Å². The second-order valence-electron chi connectivity index (χ2n) is 3.07. The molecular formula is C9H13N3O2. The molecule has 0 aliphatic heterocycles. The number of ether oxygens (including phenoxy) is 1. The van der Waals surface area contributed by atoms with E-state index in [2.05, 4.69) is 15.3 Å². The molecule has 0 saturated heterocycles. The van der Waals surface area contributed by atoms with E-state index in [-0.39, 0.29) is 17.6 Å². The maximum absolute atomic E-state index is 11.5. The van der Waals surface area contributed by atoms with Crippen LogP contribution >= 0.6 is 0 Å². The number of rotatable bonds is 3. The molecule has 1 N–H and O–H groups in total. The lowest BCUT2D eigenvalue weighted by molar-refractivity contribution is 0.0936. The van der Waals surface area contributed by atoms with E-state index in [0.717, 1.165) is 0 Å². The van der Waals surface area contributed by atoms with Gasteiger partial charge >= 0.3 is 0 Å². The minimum Gasteiger partial charge on any atom is -0.480 e. The summed E-state index contributed by atoms with van der Waals surface area (Å²) in [4.78, 5) is 19.2. The highest BCUT2D eigenvalue weighted by Crippen LogP contribution is 2.03. The molecule has 5 heteroatoms. The number of nitrogens with zero attached hydrogens (tertiary/aromatic N) is 2. The van der Waals surface area contributed by atoms with E-state index in [4.69, 9.17) is 4.74 Å². The molecule has 0 unspecified atom stereocenters. The number of nitrogens with one attached hydrogen (secondary N) is 1. The third-order valence-corrected chi connectivity index (χ3v) is 1.47. The van der Waals surface area contributed by atoms with Gasteiger partial charge in [-0.05, 0) is 13.8 Å². The van der Waals surface area contributed by atoms with Gasteiger partial charge in [0.25, 0.3) is 5.91 Å². The molecule has 0 radical (unpaired) electrons. The largest absolute Gasteiger partial charge is 0.480 e. The third-order valence-electron chi connectivity index (χ3n) is 1.47. The van der Waals surface area contributed by atoms with E-state index in [1.54, 1.807) is 0 Å². The molecular weight excluding hydrogens is 182 g/mol. The molecule has 0 aliphatic carbocycles. The fourth-order valence-corrected chi connectivity index (χ4v) is 0.892. The average molecular weight is 195 g/mol. The summed E-state index contributed by atoms with van der Waals surface area (Å²) < 4.78 is 4.86. The molecule has 0 saturated carbocycles. The van der Waals surface area contributed by atoms with Crippen LogP contribution in [0, 0.1) is 0 Å². The van der Waals surface area contributed by atoms with Crippen molar-refractivity contribution in [2.75, 3.05) is 7.11 Å². The Labute approximate surface area is 82.5 Å². The van der Waals surface area contributed by atoms with E-state index in [0.29, 0.717) is 5.88 Å². The van der Waals surface area contributed by atoms with Crippen molar-refractivity contribution in [1.29, 1.82) is 0 Å². The number of amides is 1. The summed E-state index contributed by atoms with van der Waals surface area (Å²) in [6.45, 7) is 3.76. The van der Waals surface area contributed by atoms with Gasteiger partial charge in [-0.1, -0.05) is 0 Å². The lowest BCUT2D eigenvalue weighted by Gasteiger charge is -2.07. The number of carbonyl (C=O) groups excluding carboxylic acids is 1. The first-order chi connectivity index (χ1) is 6.63. The minimum absolute atomic E-state index is 0.0792. The Kier molecular flexibility index (Phi) is 3.39. The van der Waals surface area contributed by atoms with E-state index in [1.807, 2.05) is 13.8 Å². The predicted octanol–water partition coefficient (Wildman–Crippen LogP) is 0.623. The van der Waals surface area contributed by atoms with Crippen LogP contribution in [0.2, 0.25) is 0 Å². The fraction of sp³-hybridized carbons (Fsp3) is 0.444. The van der Waals surface area contributed by atoms with Crippen LogP contribution in [0.1, 0.15) is 24.3 Å². The number of aromatic nitrogens is 2. The molecule has 0 aromatic carbocycles. The summed E-state index contributed by atoms with van der Waals surface area (Å²) >= 11 is 0. The smallest absolute Gasteiger partial charge is 0.271 e. The van der Waals surface area contributed by atoms with Crippen LogP contribution in [0.15, 0.2) is 12.4 Å². The summed E-state index contributed by atoms with van der Waals surface area (Å²) in [5.41, 5.74) is 0.262. The van der Waals surface area contributed by atoms with E-state index in [9.17, 15) is 4.79 Å². The van der Waals surface area contributed by atoms with Crippen LogP contribution in [0.4, 0.5) is 0 Å². The molecule has 0 spiro atoms. The first-order valence-corrected chi connectivity index (χ1v) is 4.30. The van der Waals surface area contributed by atoms with Gasteiger partial charge in [-0.25, -0.2) is 4.98 Å². The van der Waals surface area contributed by atoms with Crippen LogP contribution in [0.25, 0.3) is 0 Å². The Morgan fingerprint density at radius 2 is 2.21 bits per heavy atom. The zero-order valence-corrected chi connectivity index (χ0v) is 8.44. The van der Waals surface area contributed by atoms with Gasteiger partial charge in [-0.3, -0.25) is 9.78 Å². The molecule has 0 fully saturated rings. The Morgan fingerprint density at radius 1 is 1.50 bits per heavy atom. The quantitative estimate of drug-likeness (QED) is 0.768. The van der Waals surface area contributed by atoms with Crippen LogP contribution in [0.5, 0.6) is 5.88 Å². The average Bonchev–Trinajstić information content (AvgIpc) is 2.17. The number of methoxy groups -OCH3 is 1. The van der Waals surface area contributed by atoms with Crippen molar-refractivity contribution < 1.29 is 9.53 Å². The predicted molar refractivity (Wildman–Crippen MR) is 51.2 cm³/mol. The standard InChI is InChI=1S/C9H13N3O2/c1-6(2)11-9(13)7-4-10-5-8(12-7)14-3/h4-6H,1-3H3,(H,11,13). The van der Waals surface area contributed by atoms with Gasteiger partial charge < -0.3 is 10.1 Å². The number of hydrogen-bond acceptors (Lipinski definition) is 4. The molecule has 0 aliphatic rings. The van der Waals surface area contributed by atoms with E-state index < -0.39 is 0 Å². The minimum atomic E-state index is -0.244. The van der Waals surface area contributed by atoms with Gasteiger partial charge in [0.05, 0.1) is 19.5 Å². The van der Waals surface area contributed by atoms with Crippen molar-refractivity contribution in [2.24, 2.45) is 0 Å². The molecule has 1 amide bonds. The molecule has 1 rings (SSSR count). The second-order valence-corrected chi connectivity index (χ2v) is 3.07. The van der Waals surface area contributed by atoms with E-state index in [1.165, 1.54) is 19.5 Å². The van der Waals surface area contributed by atoms with Gasteiger partial charge in [0.15, 0.2) is 0 Å². The molecule has 1 aromatic heterocycles. The van der Waals surface area contributed by atoms with Gasteiger partial charge in [-0.2, -0.15) is 0 Å². The van der Waals surface area contributed by atoms with E-state index >= 15 is 0 Å². The van der Waals surface area contributed by atoms with Gasteiger partial charge in [0.1, 0.15) is 5.69 Å². The second kappa shape index (κ2) is 4.55. The van der Waals surface area contributed by atoms with Crippen LogP contribution < -0.4 is 10.1 Å². The monoisotopic (exact) mass is 195 g/mol. The Bertz CT molecular complexity index is 326. The van der Waals surface area contributed by atoms with Crippen molar-refractivity contribution >= 4 is 5.91 Å². The first kappa shape index (κ1) is 10.4. The third kappa shape index (κ3) is 2.69. The lowest BCUT2D eigenvalue weighted by atomic mass is 10.3. The van der Waals surface area contributed by atoms with Gasteiger partial charge in [0.2, 0.25) is 5.88 Å². The van der Waals surface area contributed by atoms with Crippen molar-refractivity contribution in [3.63, 3.8) is 0 Å². The summed E-state index contributed by atoms with van der Waals surface area (Å²) in [5, 5.41) is 2.71. The fourth-order valence-electron chi connectivity index (χ4n) is 0.892. The summed E-state index contributed by atoms with van der Waals surface area (Å²) in [6, 6.07) is 0.0792. The molecule has 0 bridgehead atoms. The highest BCUT2D eigenvalue weighted by Gasteiger charge is 2.09. The van der Waals surface area contributed by atoms with Crippen LogP contribution in [-0.2, 0) is 0 Å². The lowest BCUT2D eigenvalue weighted by Crippen LogP contribution is -2.30. The zero-order chi connectivity index (χ0) is 10.6. The molecule has 5 nitrogen and oxygen atoms in total. The highest BCUT2D eigenvalue weighted by atomic mass is 16.5. The zero-order valence-electron chi connectivity index (χ0n) is 8.44. The van der Waals surface area contributed by atoms with Crippen molar-refractivity contribution in [1.82, 2.24) is 15.3 Å². The molecule has 14 heavy (non-hydrogen) atoms. The maximum Gasteiger partial charge on any atom is 0.271 e. The van der Waals surface area contributed by atoms with Crippen molar-refractivity contribution in [2.45, 2.75) is 19.9 Å². The molecule has 76 valence electrons. The molecule has 0 atom stereocenters. The first-order valence-electron chi connectivity index (χ1n) is 4.30. The maximum atomic E-state index is 11.5. The molecule has 1 heterocycles. The number of hydrogen-bond donors (Lipinski definition) is 1. The number of carbonyl (C=O) groups is 1. The Morgan fingerprint density at radius 3 is 2.79 bits per heavy atom. The SMILES string of the molecule is COc1cncc(C(=O)NC(C)C)n1. The van der Waals surface area contributed by atoms with Gasteiger partial charge in [0, 0.05) is 6.04 Å². The Hall–Kier alpha value is -1.65. The topological polar surface area (TPSA) is 64.1 Å². The highest BCUT2D eigenvalue weighted by molar-refractivity contribution is 5.92. The van der Waals surface area contributed by atoms with Crippen LogP contribution in [0.3, 0.4) is 0 Å². The Balaban J connectivity index is 2.79. The van der Waals surface area contributed by atoms with Gasteiger partial charge in [-0.15, -0.1) is 0 Å². The summed E-state index contributed by atoms with van der Waals surface area (Å²) in [5.74, 6) is 0.0906. The molecule has 1 aromatic rings.